The standard InChI is InChI=1S/C26H28FN5O5/c1-14-9-10-19(18(27)11-14)29-24-20(26(37)30(3)4)21(15(2)25(36)31(24)5)32(13-33)17-8-6-7-16(12-17)22(34)23(28)35/h6-13,22,29,34H,1-5H3,(H2,28,35). The average Bonchev–Trinajstić information content (AvgIpc) is 2.86. The van der Waals surface area contributed by atoms with Crippen molar-refractivity contribution in [3.8, 4) is 0 Å². The quantitative estimate of drug-likeness (QED) is 0.399. The molecule has 0 aliphatic carbocycles. The Labute approximate surface area is 212 Å². The van der Waals surface area contributed by atoms with Crippen LogP contribution in [0.25, 0.3) is 0 Å². The lowest BCUT2D eigenvalue weighted by Gasteiger charge is -2.28. The third-order valence-corrected chi connectivity index (χ3v) is 5.87. The number of anilines is 4. The van der Waals surface area contributed by atoms with Crippen LogP contribution in [-0.2, 0) is 16.6 Å². The Bertz CT molecular complexity index is 1450. The molecule has 10 nitrogen and oxygen atoms in total. The van der Waals surface area contributed by atoms with E-state index in [1.54, 1.807) is 13.0 Å². The van der Waals surface area contributed by atoms with Gasteiger partial charge < -0.3 is 21.1 Å². The van der Waals surface area contributed by atoms with E-state index in [-0.39, 0.29) is 39.6 Å². The fourth-order valence-electron chi connectivity index (χ4n) is 3.90. The zero-order chi connectivity index (χ0) is 27.6. The van der Waals surface area contributed by atoms with E-state index in [1.165, 1.54) is 73.9 Å². The summed E-state index contributed by atoms with van der Waals surface area (Å²) in [6.07, 6.45) is -1.23. The second-order valence-electron chi connectivity index (χ2n) is 8.74. The van der Waals surface area contributed by atoms with Crippen molar-refractivity contribution in [2.45, 2.75) is 20.0 Å². The Morgan fingerprint density at radius 3 is 2.41 bits per heavy atom. The minimum atomic E-state index is -1.64. The maximum atomic E-state index is 14.7. The zero-order valence-corrected chi connectivity index (χ0v) is 21.1. The molecular formula is C26H28FN5O5. The molecule has 1 aromatic heterocycles. The van der Waals surface area contributed by atoms with Crippen molar-refractivity contribution >= 4 is 41.1 Å². The Balaban J connectivity index is 2.35. The molecule has 2 aromatic carbocycles. The van der Waals surface area contributed by atoms with Crippen LogP contribution in [0.4, 0.5) is 27.3 Å². The maximum absolute atomic E-state index is 14.7. The highest BCUT2D eigenvalue weighted by Gasteiger charge is 2.30. The van der Waals surface area contributed by atoms with Gasteiger partial charge in [-0.1, -0.05) is 18.2 Å². The Morgan fingerprint density at radius 1 is 1.16 bits per heavy atom. The summed E-state index contributed by atoms with van der Waals surface area (Å²) in [5.41, 5.74) is 5.58. The number of halogens is 1. The predicted octanol–water partition coefficient (Wildman–Crippen LogP) is 2.40. The number of aryl methyl sites for hydroxylation is 1. The van der Waals surface area contributed by atoms with Crippen LogP contribution in [0.2, 0.25) is 0 Å². The van der Waals surface area contributed by atoms with Gasteiger partial charge in [0.05, 0.1) is 11.4 Å². The Morgan fingerprint density at radius 2 is 1.84 bits per heavy atom. The van der Waals surface area contributed by atoms with Crippen LogP contribution in [0, 0.1) is 19.7 Å². The van der Waals surface area contributed by atoms with Gasteiger partial charge in [-0.15, -0.1) is 0 Å². The van der Waals surface area contributed by atoms with E-state index < -0.39 is 29.3 Å². The van der Waals surface area contributed by atoms with Crippen molar-refractivity contribution < 1.29 is 23.9 Å². The van der Waals surface area contributed by atoms with Gasteiger partial charge in [0.1, 0.15) is 17.2 Å². The molecular weight excluding hydrogens is 481 g/mol. The van der Waals surface area contributed by atoms with Crippen LogP contribution in [-0.4, -0.2) is 46.9 Å². The van der Waals surface area contributed by atoms with Crippen LogP contribution in [0.1, 0.15) is 33.2 Å². The summed E-state index contributed by atoms with van der Waals surface area (Å²) in [6.45, 7) is 3.18. The SMILES string of the molecule is Cc1ccc(Nc2c(C(=O)N(C)C)c(N(C=O)c3cccc(C(O)C(N)=O)c3)c(C)c(=O)n2C)c(F)c1. The van der Waals surface area contributed by atoms with Gasteiger partial charge in [-0.3, -0.25) is 28.6 Å². The third kappa shape index (κ3) is 5.21. The summed E-state index contributed by atoms with van der Waals surface area (Å²) < 4.78 is 15.9. The molecule has 0 aliphatic heterocycles. The van der Waals surface area contributed by atoms with Crippen LogP contribution in [0.15, 0.2) is 47.3 Å². The van der Waals surface area contributed by atoms with E-state index in [9.17, 15) is 28.7 Å². The molecule has 0 fully saturated rings. The van der Waals surface area contributed by atoms with E-state index in [1.807, 2.05) is 0 Å². The monoisotopic (exact) mass is 509 g/mol. The molecule has 4 N–H and O–H groups in total. The molecule has 0 spiro atoms. The number of aromatic nitrogens is 1. The Hall–Kier alpha value is -4.51. The lowest BCUT2D eigenvalue weighted by Crippen LogP contribution is -2.33. The van der Waals surface area contributed by atoms with Crippen LogP contribution < -0.4 is 21.5 Å². The first-order chi connectivity index (χ1) is 17.4. The molecule has 0 saturated heterocycles. The molecule has 1 atom stereocenters. The molecule has 3 amide bonds. The summed E-state index contributed by atoms with van der Waals surface area (Å²) in [4.78, 5) is 53.0. The van der Waals surface area contributed by atoms with Crippen LogP contribution in [0.5, 0.6) is 0 Å². The first kappa shape index (κ1) is 27.1. The third-order valence-electron chi connectivity index (χ3n) is 5.87. The highest BCUT2D eigenvalue weighted by Crippen LogP contribution is 2.36. The number of nitrogens with two attached hydrogens (primary N) is 1. The fraction of sp³-hybridized carbons (Fsp3) is 0.231. The average molecular weight is 510 g/mol. The number of carbonyl (C=O) groups is 3. The maximum Gasteiger partial charge on any atom is 0.259 e. The number of hydrogen-bond donors (Lipinski definition) is 3. The van der Waals surface area contributed by atoms with Crippen LogP contribution in [0.3, 0.4) is 0 Å². The number of nitrogens with zero attached hydrogens (tertiary/aromatic N) is 3. The van der Waals surface area contributed by atoms with Crippen molar-refractivity contribution in [1.29, 1.82) is 0 Å². The van der Waals surface area contributed by atoms with E-state index in [0.29, 0.717) is 12.0 Å². The van der Waals surface area contributed by atoms with Gasteiger partial charge in [0.15, 0.2) is 6.10 Å². The second-order valence-corrected chi connectivity index (χ2v) is 8.74. The normalized spacial score (nSPS) is 11.5. The summed E-state index contributed by atoms with van der Waals surface area (Å²) in [5, 5.41) is 13.0. The molecule has 1 heterocycles. The lowest BCUT2D eigenvalue weighted by atomic mass is 10.0. The molecule has 194 valence electrons. The van der Waals surface area contributed by atoms with E-state index in [4.69, 9.17) is 5.73 Å². The predicted molar refractivity (Wildman–Crippen MR) is 138 cm³/mol. The van der Waals surface area contributed by atoms with E-state index in [0.717, 1.165) is 4.90 Å². The summed E-state index contributed by atoms with van der Waals surface area (Å²) in [7, 11) is 4.42. The number of aliphatic hydroxyl groups is 1. The number of rotatable bonds is 8. The highest BCUT2D eigenvalue weighted by atomic mass is 19.1. The molecule has 0 aliphatic rings. The van der Waals surface area contributed by atoms with Gasteiger partial charge in [-0.05, 0) is 49.2 Å². The number of primary amides is 1. The summed E-state index contributed by atoms with van der Waals surface area (Å²) >= 11 is 0. The minimum Gasteiger partial charge on any atom is -0.378 e. The molecule has 37 heavy (non-hydrogen) atoms. The second kappa shape index (κ2) is 10.6. The van der Waals surface area contributed by atoms with Gasteiger partial charge in [-0.2, -0.15) is 0 Å². The number of nitrogens with one attached hydrogen (secondary N) is 1. The van der Waals surface area contributed by atoms with Gasteiger partial charge in [0.2, 0.25) is 6.41 Å². The summed E-state index contributed by atoms with van der Waals surface area (Å²) in [5.74, 6) is -2.19. The molecule has 11 heteroatoms. The highest BCUT2D eigenvalue weighted by molar-refractivity contribution is 6.08. The molecule has 0 saturated carbocycles. The smallest absolute Gasteiger partial charge is 0.259 e. The molecule has 3 rings (SSSR count). The number of pyridine rings is 1. The Kier molecular flexibility index (Phi) is 7.78. The molecule has 0 bridgehead atoms. The fourth-order valence-corrected chi connectivity index (χ4v) is 3.90. The van der Waals surface area contributed by atoms with Gasteiger partial charge in [0.25, 0.3) is 17.4 Å². The van der Waals surface area contributed by atoms with Crippen molar-refractivity contribution in [2.24, 2.45) is 12.8 Å². The van der Waals surface area contributed by atoms with E-state index in [2.05, 4.69) is 5.32 Å². The van der Waals surface area contributed by atoms with Crippen molar-refractivity contribution in [3.05, 3.63) is 80.9 Å². The number of carbonyl (C=O) groups excluding carboxylic acids is 3. The van der Waals surface area contributed by atoms with Gasteiger partial charge in [0, 0.05) is 32.4 Å². The number of benzene rings is 2. The number of aliphatic hydroxyl groups excluding tert-OH is 1. The topological polar surface area (TPSA) is 138 Å². The number of hydrogen-bond acceptors (Lipinski definition) is 6. The van der Waals surface area contributed by atoms with Gasteiger partial charge >= 0.3 is 0 Å². The van der Waals surface area contributed by atoms with Gasteiger partial charge in [-0.25, -0.2) is 4.39 Å². The zero-order valence-electron chi connectivity index (χ0n) is 21.1. The summed E-state index contributed by atoms with van der Waals surface area (Å²) in [6, 6.07) is 10.2. The molecule has 3 aromatic rings. The van der Waals surface area contributed by atoms with Crippen molar-refractivity contribution in [3.63, 3.8) is 0 Å². The van der Waals surface area contributed by atoms with Crippen molar-refractivity contribution in [1.82, 2.24) is 9.47 Å². The largest absolute Gasteiger partial charge is 0.378 e. The number of amides is 3. The molecule has 1 unspecified atom stereocenters. The molecule has 0 radical (unpaired) electrons. The van der Waals surface area contributed by atoms with Crippen LogP contribution >= 0.6 is 0 Å². The lowest BCUT2D eigenvalue weighted by molar-refractivity contribution is -0.126. The van der Waals surface area contributed by atoms with E-state index >= 15 is 0 Å². The first-order valence-electron chi connectivity index (χ1n) is 11.2. The van der Waals surface area contributed by atoms with Crippen molar-refractivity contribution in [2.75, 3.05) is 24.3 Å². The minimum absolute atomic E-state index is 0.0208. The first-order valence-corrected chi connectivity index (χ1v) is 11.2.